The molecule has 1 aromatic carbocycles. The highest BCUT2D eigenvalue weighted by Crippen LogP contribution is 2.35. The molecule has 4 heteroatoms. The fourth-order valence-electron chi connectivity index (χ4n) is 2.45. The summed E-state index contributed by atoms with van der Waals surface area (Å²) in [7, 11) is 0. The number of nitrogens with zero attached hydrogens (tertiary/aromatic N) is 1. The number of benzene rings is 1. The van der Waals surface area contributed by atoms with Crippen LogP contribution in [0, 0.1) is 0 Å². The average Bonchev–Trinajstić information content (AvgIpc) is 3.12. The summed E-state index contributed by atoms with van der Waals surface area (Å²) in [5.41, 5.74) is 2.54. The van der Waals surface area contributed by atoms with Crippen molar-refractivity contribution < 1.29 is 0 Å². The van der Waals surface area contributed by atoms with E-state index in [9.17, 15) is 0 Å². The summed E-state index contributed by atoms with van der Waals surface area (Å²) in [6.45, 7) is 7.48. The Labute approximate surface area is 133 Å². The lowest BCUT2D eigenvalue weighted by Gasteiger charge is -2.15. The molecule has 0 aliphatic carbocycles. The molecule has 0 saturated carbocycles. The topological polar surface area (TPSA) is 24.9 Å². The van der Waals surface area contributed by atoms with Gasteiger partial charge in [0.05, 0.1) is 11.7 Å². The minimum absolute atomic E-state index is 0.198. The first-order valence-corrected chi connectivity index (χ1v) is 9.11. The van der Waals surface area contributed by atoms with Gasteiger partial charge in [-0.15, -0.1) is 22.7 Å². The Kier molecular flexibility index (Phi) is 4.38. The second kappa shape index (κ2) is 6.26. The van der Waals surface area contributed by atoms with Gasteiger partial charge in [-0.1, -0.05) is 39.0 Å². The Hall–Kier alpha value is -1.23. The summed E-state index contributed by atoms with van der Waals surface area (Å²) < 4.78 is 1.34. The molecule has 0 saturated heterocycles. The first-order valence-electron chi connectivity index (χ1n) is 7.35. The molecule has 1 atom stereocenters. The SMILES string of the molecule is CCNC(c1nc(C(C)C)cs1)c1csc2ccccc12. The minimum atomic E-state index is 0.198. The van der Waals surface area contributed by atoms with E-state index in [2.05, 4.69) is 61.1 Å². The largest absolute Gasteiger partial charge is 0.304 e. The molecule has 3 rings (SSSR count). The van der Waals surface area contributed by atoms with Crippen molar-refractivity contribution in [3.05, 3.63) is 51.3 Å². The number of aromatic nitrogens is 1. The van der Waals surface area contributed by atoms with Crippen LogP contribution in [0.3, 0.4) is 0 Å². The molecule has 0 aliphatic rings. The van der Waals surface area contributed by atoms with E-state index in [0.29, 0.717) is 5.92 Å². The first kappa shape index (κ1) is 14.7. The van der Waals surface area contributed by atoms with Crippen molar-refractivity contribution in [3.8, 4) is 0 Å². The number of thiophene rings is 1. The standard InChI is InChI=1S/C17H20N2S2/c1-4-18-16(17-19-14(10-21-17)11(2)3)13-9-20-15-8-6-5-7-12(13)15/h5-11,16,18H,4H2,1-3H3. The van der Waals surface area contributed by atoms with Gasteiger partial charge in [-0.2, -0.15) is 0 Å². The van der Waals surface area contributed by atoms with Crippen LogP contribution in [0.4, 0.5) is 0 Å². The zero-order chi connectivity index (χ0) is 14.8. The number of hydrogen-bond donors (Lipinski definition) is 1. The lowest BCUT2D eigenvalue weighted by Crippen LogP contribution is -2.21. The van der Waals surface area contributed by atoms with Gasteiger partial charge >= 0.3 is 0 Å². The van der Waals surface area contributed by atoms with Crippen molar-refractivity contribution in [2.45, 2.75) is 32.7 Å². The van der Waals surface area contributed by atoms with E-state index in [-0.39, 0.29) is 6.04 Å². The Morgan fingerprint density at radius 1 is 1.14 bits per heavy atom. The van der Waals surface area contributed by atoms with Crippen LogP contribution in [0.2, 0.25) is 0 Å². The zero-order valence-electron chi connectivity index (χ0n) is 12.6. The summed E-state index contributed by atoms with van der Waals surface area (Å²) in [5.74, 6) is 0.483. The van der Waals surface area contributed by atoms with Crippen LogP contribution < -0.4 is 5.32 Å². The molecular weight excluding hydrogens is 296 g/mol. The third kappa shape index (κ3) is 2.89. The summed E-state index contributed by atoms with van der Waals surface area (Å²) in [6.07, 6.45) is 0. The lowest BCUT2D eigenvalue weighted by molar-refractivity contribution is 0.628. The van der Waals surface area contributed by atoms with Crippen molar-refractivity contribution in [1.82, 2.24) is 10.3 Å². The predicted molar refractivity (Wildman–Crippen MR) is 93.5 cm³/mol. The molecule has 0 bridgehead atoms. The highest BCUT2D eigenvalue weighted by Gasteiger charge is 2.20. The van der Waals surface area contributed by atoms with Gasteiger partial charge in [0.25, 0.3) is 0 Å². The van der Waals surface area contributed by atoms with E-state index in [1.807, 2.05) is 11.3 Å². The molecule has 2 aromatic heterocycles. The fraction of sp³-hybridized carbons (Fsp3) is 0.353. The summed E-state index contributed by atoms with van der Waals surface area (Å²) in [4.78, 5) is 4.85. The number of rotatable bonds is 5. The van der Waals surface area contributed by atoms with E-state index < -0.39 is 0 Å². The normalized spacial score (nSPS) is 13.1. The Morgan fingerprint density at radius 2 is 1.95 bits per heavy atom. The smallest absolute Gasteiger partial charge is 0.114 e. The average molecular weight is 316 g/mol. The van der Waals surface area contributed by atoms with Crippen LogP contribution in [-0.2, 0) is 0 Å². The second-order valence-corrected chi connectivity index (χ2v) is 7.24. The Balaban J connectivity index is 2.04. The highest BCUT2D eigenvalue weighted by molar-refractivity contribution is 7.17. The molecule has 0 amide bonds. The number of nitrogens with one attached hydrogen (secondary N) is 1. The minimum Gasteiger partial charge on any atom is -0.304 e. The summed E-state index contributed by atoms with van der Waals surface area (Å²) in [6, 6.07) is 8.81. The molecule has 0 aliphatic heterocycles. The van der Waals surface area contributed by atoms with Crippen molar-refractivity contribution in [1.29, 1.82) is 0 Å². The van der Waals surface area contributed by atoms with E-state index in [4.69, 9.17) is 4.98 Å². The van der Waals surface area contributed by atoms with Crippen LogP contribution in [0.1, 0.15) is 49.0 Å². The second-order valence-electron chi connectivity index (χ2n) is 5.44. The zero-order valence-corrected chi connectivity index (χ0v) is 14.2. The molecule has 21 heavy (non-hydrogen) atoms. The van der Waals surface area contributed by atoms with E-state index in [0.717, 1.165) is 6.54 Å². The van der Waals surface area contributed by atoms with Gasteiger partial charge in [-0.3, -0.25) is 0 Å². The van der Waals surface area contributed by atoms with Gasteiger partial charge in [-0.25, -0.2) is 4.98 Å². The molecule has 0 spiro atoms. The van der Waals surface area contributed by atoms with Crippen LogP contribution in [0.25, 0.3) is 10.1 Å². The maximum absolute atomic E-state index is 4.85. The molecular formula is C17H20N2S2. The lowest BCUT2D eigenvalue weighted by atomic mass is 10.1. The van der Waals surface area contributed by atoms with E-state index in [1.54, 1.807) is 11.3 Å². The molecule has 3 aromatic rings. The van der Waals surface area contributed by atoms with Gasteiger partial charge in [0.15, 0.2) is 0 Å². The van der Waals surface area contributed by atoms with Gasteiger partial charge < -0.3 is 5.32 Å². The van der Waals surface area contributed by atoms with Gasteiger partial charge in [0.2, 0.25) is 0 Å². The predicted octanol–water partition coefficient (Wildman–Crippen LogP) is 5.18. The quantitative estimate of drug-likeness (QED) is 0.701. The van der Waals surface area contributed by atoms with Crippen LogP contribution in [0.5, 0.6) is 0 Å². The number of fused-ring (bicyclic) bond motifs is 1. The van der Waals surface area contributed by atoms with Gasteiger partial charge in [0.1, 0.15) is 5.01 Å². The summed E-state index contributed by atoms with van der Waals surface area (Å²) >= 11 is 3.58. The number of hydrogen-bond acceptors (Lipinski definition) is 4. The van der Waals surface area contributed by atoms with Gasteiger partial charge in [0, 0.05) is 10.1 Å². The molecule has 2 nitrogen and oxygen atoms in total. The van der Waals surface area contributed by atoms with Crippen LogP contribution in [0.15, 0.2) is 35.0 Å². The van der Waals surface area contributed by atoms with Crippen LogP contribution >= 0.6 is 22.7 Å². The fourth-order valence-corrected chi connectivity index (χ4v) is 4.51. The summed E-state index contributed by atoms with van der Waals surface area (Å²) in [5, 5.41) is 10.6. The molecule has 110 valence electrons. The first-order chi connectivity index (χ1) is 10.2. The molecule has 1 N–H and O–H groups in total. The van der Waals surface area contributed by atoms with Crippen molar-refractivity contribution >= 4 is 32.8 Å². The van der Waals surface area contributed by atoms with Crippen molar-refractivity contribution in [3.63, 3.8) is 0 Å². The third-order valence-electron chi connectivity index (χ3n) is 3.61. The van der Waals surface area contributed by atoms with E-state index in [1.165, 1.54) is 26.4 Å². The maximum Gasteiger partial charge on any atom is 0.114 e. The molecule has 2 heterocycles. The van der Waals surface area contributed by atoms with Gasteiger partial charge in [-0.05, 0) is 34.9 Å². The molecule has 1 unspecified atom stereocenters. The van der Waals surface area contributed by atoms with Crippen molar-refractivity contribution in [2.24, 2.45) is 0 Å². The number of thiazole rings is 1. The Morgan fingerprint density at radius 3 is 2.67 bits per heavy atom. The van der Waals surface area contributed by atoms with Crippen molar-refractivity contribution in [2.75, 3.05) is 6.54 Å². The maximum atomic E-state index is 4.85. The monoisotopic (exact) mass is 316 g/mol. The molecule has 0 fully saturated rings. The third-order valence-corrected chi connectivity index (χ3v) is 5.52. The van der Waals surface area contributed by atoms with E-state index >= 15 is 0 Å². The Bertz CT molecular complexity index is 727. The highest BCUT2D eigenvalue weighted by atomic mass is 32.1. The molecule has 0 radical (unpaired) electrons. The van der Waals surface area contributed by atoms with Crippen LogP contribution in [-0.4, -0.2) is 11.5 Å².